The van der Waals surface area contributed by atoms with Crippen LogP contribution in [-0.2, 0) is 13.0 Å². The van der Waals surface area contributed by atoms with Gasteiger partial charge in [0.2, 0.25) is 0 Å². The normalized spacial score (nSPS) is 15.6. The highest BCUT2D eigenvalue weighted by Gasteiger charge is 2.34. The van der Waals surface area contributed by atoms with E-state index in [1.807, 2.05) is 77.4 Å². The quantitative estimate of drug-likeness (QED) is 0.179. The van der Waals surface area contributed by atoms with Crippen LogP contribution in [0, 0.1) is 0 Å². The van der Waals surface area contributed by atoms with E-state index in [0.717, 1.165) is 52.1 Å². The van der Waals surface area contributed by atoms with Gasteiger partial charge in [0.25, 0.3) is 5.56 Å². The van der Waals surface area contributed by atoms with Crippen molar-refractivity contribution in [1.29, 1.82) is 0 Å². The maximum Gasteiger partial charge on any atom is 0.271 e. The van der Waals surface area contributed by atoms with Crippen molar-refractivity contribution < 1.29 is 14.2 Å². The summed E-state index contributed by atoms with van der Waals surface area (Å²) in [6.07, 6.45) is 3.58. The van der Waals surface area contributed by atoms with Crippen LogP contribution in [0.25, 0.3) is 11.8 Å². The second-order valence-corrected chi connectivity index (χ2v) is 13.1. The van der Waals surface area contributed by atoms with Crippen molar-refractivity contribution in [3.8, 4) is 17.2 Å². The number of allylic oxidation sites excluding steroid dienone is 1. The van der Waals surface area contributed by atoms with E-state index in [1.54, 1.807) is 14.2 Å². The van der Waals surface area contributed by atoms with Crippen LogP contribution < -0.4 is 29.1 Å². The molecule has 2 aliphatic rings. The number of aryl methyl sites for hydroxylation is 1. The molecule has 2 heterocycles. The zero-order chi connectivity index (χ0) is 31.1. The van der Waals surface area contributed by atoms with Crippen LogP contribution >= 0.6 is 38.9 Å². The molecular weight excluding hydrogens is 672 g/mol. The van der Waals surface area contributed by atoms with Crippen LogP contribution in [0.3, 0.4) is 0 Å². The van der Waals surface area contributed by atoms with Gasteiger partial charge in [-0.25, -0.2) is 4.99 Å². The first kappa shape index (κ1) is 29.6. The van der Waals surface area contributed by atoms with Crippen molar-refractivity contribution in [1.82, 2.24) is 4.57 Å². The summed E-state index contributed by atoms with van der Waals surface area (Å²) in [5.41, 5.74) is 7.10. The molecule has 1 atom stereocenters. The van der Waals surface area contributed by atoms with Gasteiger partial charge in [0, 0.05) is 16.1 Å². The number of rotatable bonds is 7. The molecule has 9 heteroatoms. The number of fused-ring (bicyclic) bond motifs is 3. The van der Waals surface area contributed by atoms with Crippen LogP contribution in [-0.4, -0.2) is 18.8 Å². The predicted octanol–water partition coefficient (Wildman–Crippen LogP) is 7.33. The second-order valence-electron chi connectivity index (χ2n) is 10.8. The van der Waals surface area contributed by atoms with Crippen molar-refractivity contribution in [2.75, 3.05) is 14.2 Å². The summed E-state index contributed by atoms with van der Waals surface area (Å²) in [6.45, 7) is 0.348. The van der Waals surface area contributed by atoms with Gasteiger partial charge in [-0.1, -0.05) is 77.5 Å². The van der Waals surface area contributed by atoms with Crippen LogP contribution in [0.5, 0.6) is 17.2 Å². The third kappa shape index (κ3) is 5.52. The summed E-state index contributed by atoms with van der Waals surface area (Å²) in [5, 5.41) is 0.673. The number of benzene rings is 4. The molecule has 0 N–H and O–H groups in total. The lowest BCUT2D eigenvalue weighted by Gasteiger charge is -2.31. The topological polar surface area (TPSA) is 62.0 Å². The van der Waals surface area contributed by atoms with Crippen molar-refractivity contribution in [2.45, 2.75) is 25.5 Å². The number of para-hydroxylation sites is 1. The van der Waals surface area contributed by atoms with Gasteiger partial charge >= 0.3 is 0 Å². The summed E-state index contributed by atoms with van der Waals surface area (Å²) in [4.78, 5) is 20.0. The Hall–Kier alpha value is -4.11. The molecule has 0 radical (unpaired) electrons. The number of thiazole rings is 1. The van der Waals surface area contributed by atoms with E-state index in [9.17, 15) is 4.79 Å². The molecule has 0 fully saturated rings. The number of hydrogen-bond acceptors (Lipinski definition) is 6. The fourth-order valence-electron chi connectivity index (χ4n) is 6.04. The van der Waals surface area contributed by atoms with Gasteiger partial charge in [-0.05, 0) is 87.4 Å². The van der Waals surface area contributed by atoms with Gasteiger partial charge in [-0.3, -0.25) is 9.36 Å². The Morgan fingerprint density at radius 1 is 0.978 bits per heavy atom. The van der Waals surface area contributed by atoms with Gasteiger partial charge in [-0.15, -0.1) is 0 Å². The highest BCUT2D eigenvalue weighted by Crippen LogP contribution is 2.43. The van der Waals surface area contributed by atoms with Crippen LogP contribution in [0.1, 0.15) is 40.3 Å². The number of aromatic nitrogens is 1. The van der Waals surface area contributed by atoms with Crippen LogP contribution in [0.2, 0.25) is 5.02 Å². The van der Waals surface area contributed by atoms with E-state index in [0.29, 0.717) is 36.9 Å². The van der Waals surface area contributed by atoms with Crippen molar-refractivity contribution in [3.63, 3.8) is 0 Å². The molecule has 0 saturated heterocycles. The van der Waals surface area contributed by atoms with Crippen molar-refractivity contribution >= 4 is 50.6 Å². The third-order valence-corrected chi connectivity index (χ3v) is 9.98. The SMILES string of the molecule is COc1ccccc1[C@@H]1C2=C(N=c3s/c(=C/c4cc(Br)c(OCc5ccc(Cl)cc5)c(OC)c4)c(=O)n31)c1ccccc1CC2. The Kier molecular flexibility index (Phi) is 8.12. The number of ether oxygens (including phenoxy) is 3. The molecule has 0 spiro atoms. The van der Waals surface area contributed by atoms with Gasteiger partial charge < -0.3 is 14.2 Å². The summed E-state index contributed by atoms with van der Waals surface area (Å²) in [6, 6.07) is 27.3. The lowest BCUT2D eigenvalue weighted by Crippen LogP contribution is -2.39. The molecule has 0 unspecified atom stereocenters. The number of nitrogens with zero attached hydrogens (tertiary/aromatic N) is 2. The molecule has 0 amide bonds. The minimum Gasteiger partial charge on any atom is -0.496 e. The Labute approximate surface area is 277 Å². The molecule has 1 aliphatic carbocycles. The minimum absolute atomic E-state index is 0.0989. The molecule has 6 nitrogen and oxygen atoms in total. The first-order chi connectivity index (χ1) is 21.9. The fraction of sp³-hybridized carbons (Fsp3) is 0.167. The van der Waals surface area contributed by atoms with Gasteiger partial charge in [0.05, 0.1) is 35.0 Å². The maximum absolute atomic E-state index is 14.3. The summed E-state index contributed by atoms with van der Waals surface area (Å²) in [7, 11) is 3.27. The molecule has 0 saturated carbocycles. The second kappa shape index (κ2) is 12.4. The summed E-state index contributed by atoms with van der Waals surface area (Å²) < 4.78 is 20.7. The first-order valence-electron chi connectivity index (χ1n) is 14.5. The van der Waals surface area contributed by atoms with E-state index in [1.165, 1.54) is 16.9 Å². The minimum atomic E-state index is -0.326. The third-order valence-electron chi connectivity index (χ3n) is 8.15. The number of hydrogen-bond donors (Lipinski definition) is 0. The monoisotopic (exact) mass is 698 g/mol. The molecule has 1 aromatic heterocycles. The Morgan fingerprint density at radius 2 is 1.73 bits per heavy atom. The van der Waals surface area contributed by atoms with Crippen molar-refractivity contribution in [2.24, 2.45) is 4.99 Å². The van der Waals surface area contributed by atoms with E-state index >= 15 is 0 Å². The smallest absolute Gasteiger partial charge is 0.271 e. The molecule has 0 bridgehead atoms. The van der Waals surface area contributed by atoms with Gasteiger partial charge in [-0.2, -0.15) is 0 Å². The van der Waals surface area contributed by atoms with Crippen LogP contribution in [0.15, 0.2) is 105 Å². The highest BCUT2D eigenvalue weighted by atomic mass is 79.9. The molecule has 226 valence electrons. The van der Waals surface area contributed by atoms with Crippen LogP contribution in [0.4, 0.5) is 0 Å². The zero-order valence-electron chi connectivity index (χ0n) is 24.6. The fourth-order valence-corrected chi connectivity index (χ4v) is 7.74. The predicted molar refractivity (Wildman–Crippen MR) is 182 cm³/mol. The standard InChI is InChI=1S/C36H28BrClN2O4S/c1-42-29-10-6-5-9-26(29)33-27-16-13-23-7-3-4-8-25(23)32(27)39-36-40(33)35(41)31(45-36)19-22-17-28(37)34(30(18-22)43-2)44-20-21-11-14-24(38)15-12-21/h3-12,14-15,17-19,33H,13,16,20H2,1-2H3/b31-19+/t33-/m1/s1. The molecule has 7 rings (SSSR count). The lowest BCUT2D eigenvalue weighted by molar-refractivity contribution is 0.282. The van der Waals surface area contributed by atoms with E-state index in [2.05, 4.69) is 34.1 Å². The summed E-state index contributed by atoms with van der Waals surface area (Å²) in [5.74, 6) is 1.87. The molecule has 4 aromatic carbocycles. The molecule has 45 heavy (non-hydrogen) atoms. The van der Waals surface area contributed by atoms with E-state index in [4.69, 9.17) is 30.8 Å². The first-order valence-corrected chi connectivity index (χ1v) is 16.4. The zero-order valence-corrected chi connectivity index (χ0v) is 27.7. The van der Waals surface area contributed by atoms with E-state index in [-0.39, 0.29) is 11.6 Å². The lowest BCUT2D eigenvalue weighted by atomic mass is 9.83. The highest BCUT2D eigenvalue weighted by molar-refractivity contribution is 9.10. The maximum atomic E-state index is 14.3. The van der Waals surface area contributed by atoms with Gasteiger partial charge in [0.1, 0.15) is 12.4 Å². The largest absolute Gasteiger partial charge is 0.496 e. The van der Waals surface area contributed by atoms with Gasteiger partial charge in [0.15, 0.2) is 16.3 Å². The molecule has 5 aromatic rings. The Bertz CT molecular complexity index is 2150. The molecular formula is C36H28BrClN2O4S. The number of methoxy groups -OCH3 is 2. The Balaban J connectivity index is 1.34. The summed E-state index contributed by atoms with van der Waals surface area (Å²) >= 11 is 11.1. The van der Waals surface area contributed by atoms with E-state index < -0.39 is 0 Å². The average molecular weight is 700 g/mol. The van der Waals surface area contributed by atoms with Crippen molar-refractivity contribution in [3.05, 3.63) is 148 Å². The average Bonchev–Trinajstić information content (AvgIpc) is 3.37. The molecule has 1 aliphatic heterocycles. The number of halogens is 2. The Morgan fingerprint density at radius 3 is 2.53 bits per heavy atom.